The molecule has 17 heavy (non-hydrogen) atoms. The van der Waals surface area contributed by atoms with E-state index >= 15 is 0 Å². The van der Waals surface area contributed by atoms with Gasteiger partial charge in [0.05, 0.1) is 13.0 Å². The topological polar surface area (TPSA) is 46.5 Å². The molecule has 1 N–H and O–H groups in total. The predicted molar refractivity (Wildman–Crippen MR) is 64.8 cm³/mol. The molecule has 0 bridgehead atoms. The summed E-state index contributed by atoms with van der Waals surface area (Å²) in [6, 6.07) is 7.20. The molecule has 2 atom stereocenters. The Labute approximate surface area is 101 Å². The van der Waals surface area contributed by atoms with Crippen molar-refractivity contribution in [1.29, 1.82) is 0 Å². The largest absolute Gasteiger partial charge is 0.508 e. The number of benzene rings is 1. The summed E-state index contributed by atoms with van der Waals surface area (Å²) in [6.45, 7) is 1.90. The minimum Gasteiger partial charge on any atom is -0.508 e. The first-order chi connectivity index (χ1) is 8.13. The van der Waals surface area contributed by atoms with Crippen LogP contribution in [-0.4, -0.2) is 18.2 Å². The fraction of sp³-hybridized carbons (Fsp3) is 0.500. The highest BCUT2D eigenvalue weighted by Gasteiger charge is 2.39. The maximum Gasteiger partial charge on any atom is 0.309 e. The first kappa shape index (κ1) is 12.0. The summed E-state index contributed by atoms with van der Waals surface area (Å²) < 4.78 is 4.82. The molecule has 3 heteroatoms. The summed E-state index contributed by atoms with van der Waals surface area (Å²) in [6.07, 6.45) is 2.31. The quantitative estimate of drug-likeness (QED) is 0.815. The number of carbonyl (C=O) groups is 1. The van der Waals surface area contributed by atoms with Crippen molar-refractivity contribution in [3.63, 3.8) is 0 Å². The van der Waals surface area contributed by atoms with Crippen molar-refractivity contribution >= 4 is 5.97 Å². The summed E-state index contributed by atoms with van der Waals surface area (Å²) in [4.78, 5) is 11.7. The molecule has 1 unspecified atom stereocenters. The van der Waals surface area contributed by atoms with Crippen molar-refractivity contribution in [2.75, 3.05) is 7.11 Å². The molecule has 1 saturated carbocycles. The van der Waals surface area contributed by atoms with Crippen molar-refractivity contribution in [2.24, 2.45) is 11.8 Å². The van der Waals surface area contributed by atoms with Gasteiger partial charge in [-0.15, -0.1) is 0 Å². The summed E-state index contributed by atoms with van der Waals surface area (Å²) >= 11 is 0. The predicted octanol–water partition coefficient (Wildman–Crippen LogP) is 2.69. The van der Waals surface area contributed by atoms with Gasteiger partial charge in [0, 0.05) is 0 Å². The molecule has 0 spiro atoms. The Balaban J connectivity index is 2.26. The Morgan fingerprint density at radius 2 is 2.18 bits per heavy atom. The van der Waals surface area contributed by atoms with Crippen molar-refractivity contribution in [3.8, 4) is 5.75 Å². The van der Waals surface area contributed by atoms with Crippen molar-refractivity contribution in [1.82, 2.24) is 0 Å². The Morgan fingerprint density at radius 3 is 2.71 bits per heavy atom. The molecule has 0 heterocycles. The number of aromatic hydroxyl groups is 1. The molecule has 1 aliphatic carbocycles. The van der Waals surface area contributed by atoms with Crippen LogP contribution >= 0.6 is 0 Å². The van der Waals surface area contributed by atoms with Crippen molar-refractivity contribution in [2.45, 2.75) is 25.7 Å². The number of rotatable bonds is 4. The Bertz CT molecular complexity index is 410. The molecule has 1 aliphatic rings. The maximum absolute atomic E-state index is 11.7. The van der Waals surface area contributed by atoms with Gasteiger partial charge in [0.2, 0.25) is 0 Å². The Hall–Kier alpha value is -1.51. The Kier molecular flexibility index (Phi) is 3.36. The second kappa shape index (κ2) is 4.78. The van der Waals surface area contributed by atoms with Crippen LogP contribution in [0.15, 0.2) is 24.3 Å². The zero-order chi connectivity index (χ0) is 12.4. The van der Waals surface area contributed by atoms with Crippen LogP contribution < -0.4 is 0 Å². The van der Waals surface area contributed by atoms with Gasteiger partial charge in [-0.1, -0.05) is 19.1 Å². The van der Waals surface area contributed by atoms with Gasteiger partial charge in [0.25, 0.3) is 0 Å². The third kappa shape index (κ3) is 2.60. The van der Waals surface area contributed by atoms with Crippen LogP contribution in [-0.2, 0) is 9.53 Å². The number of carbonyl (C=O) groups excluding carboxylic acids is 1. The van der Waals surface area contributed by atoms with E-state index in [1.54, 1.807) is 12.1 Å². The van der Waals surface area contributed by atoms with E-state index in [4.69, 9.17) is 4.74 Å². The van der Waals surface area contributed by atoms with E-state index in [9.17, 15) is 9.90 Å². The molecule has 0 aliphatic heterocycles. The lowest BCUT2D eigenvalue weighted by Crippen LogP contribution is -2.22. The van der Waals surface area contributed by atoms with Crippen LogP contribution in [0.1, 0.15) is 31.2 Å². The second-order valence-electron chi connectivity index (χ2n) is 4.77. The molecule has 1 aromatic rings. The highest BCUT2D eigenvalue weighted by atomic mass is 16.5. The summed E-state index contributed by atoms with van der Waals surface area (Å²) in [5, 5.41) is 9.53. The van der Waals surface area contributed by atoms with E-state index in [-0.39, 0.29) is 23.6 Å². The molecule has 2 rings (SSSR count). The lowest BCUT2D eigenvalue weighted by molar-refractivity contribution is -0.145. The van der Waals surface area contributed by atoms with Crippen LogP contribution in [0.3, 0.4) is 0 Å². The Morgan fingerprint density at radius 1 is 1.47 bits per heavy atom. The van der Waals surface area contributed by atoms with Gasteiger partial charge in [-0.25, -0.2) is 0 Å². The van der Waals surface area contributed by atoms with Gasteiger partial charge in [-0.3, -0.25) is 4.79 Å². The molecule has 1 fully saturated rings. The van der Waals surface area contributed by atoms with Crippen LogP contribution in [0, 0.1) is 11.8 Å². The van der Waals surface area contributed by atoms with E-state index in [0.29, 0.717) is 5.92 Å². The van der Waals surface area contributed by atoms with Gasteiger partial charge in [-0.05, 0) is 42.4 Å². The molecule has 1 aromatic carbocycles. The third-order valence-electron chi connectivity index (χ3n) is 3.50. The molecule has 0 aromatic heterocycles. The van der Waals surface area contributed by atoms with Crippen LogP contribution in [0.25, 0.3) is 0 Å². The van der Waals surface area contributed by atoms with Crippen molar-refractivity contribution < 1.29 is 14.6 Å². The molecular formula is C14H18O3. The fourth-order valence-electron chi connectivity index (χ4n) is 2.49. The molecule has 0 amide bonds. The fourth-order valence-corrected chi connectivity index (χ4v) is 2.49. The van der Waals surface area contributed by atoms with E-state index < -0.39 is 0 Å². The summed E-state index contributed by atoms with van der Waals surface area (Å²) in [5.41, 5.74) is 1.03. The lowest BCUT2D eigenvalue weighted by atomic mass is 9.83. The van der Waals surface area contributed by atoms with Crippen LogP contribution in [0.2, 0.25) is 0 Å². The average molecular weight is 234 g/mol. The van der Waals surface area contributed by atoms with Gasteiger partial charge >= 0.3 is 5.97 Å². The minimum absolute atomic E-state index is 0.158. The number of esters is 1. The number of methoxy groups -OCH3 is 1. The molecule has 3 nitrogen and oxygen atoms in total. The molecule has 0 saturated heterocycles. The van der Waals surface area contributed by atoms with Gasteiger partial charge in [0.1, 0.15) is 5.75 Å². The van der Waals surface area contributed by atoms with E-state index in [0.717, 1.165) is 18.4 Å². The molecular weight excluding hydrogens is 216 g/mol. The minimum atomic E-state index is -0.176. The highest BCUT2D eigenvalue weighted by molar-refractivity contribution is 5.73. The summed E-state index contributed by atoms with van der Waals surface area (Å²) in [5.74, 6) is 0.630. The third-order valence-corrected chi connectivity index (χ3v) is 3.50. The van der Waals surface area contributed by atoms with Gasteiger partial charge < -0.3 is 9.84 Å². The first-order valence-electron chi connectivity index (χ1n) is 6.00. The molecule has 92 valence electrons. The summed E-state index contributed by atoms with van der Waals surface area (Å²) in [7, 11) is 1.42. The number of hydrogen-bond acceptors (Lipinski definition) is 3. The van der Waals surface area contributed by atoms with E-state index in [1.165, 1.54) is 7.11 Å². The number of phenols is 1. The SMILES string of the molecule is COC(=O)[C@@H](C)C(c1cccc(O)c1)C1CC1. The second-order valence-corrected chi connectivity index (χ2v) is 4.77. The van der Waals surface area contributed by atoms with Gasteiger partial charge in [0.15, 0.2) is 0 Å². The van der Waals surface area contributed by atoms with E-state index in [1.807, 2.05) is 19.1 Å². The molecule has 0 radical (unpaired) electrons. The average Bonchev–Trinajstić information content (AvgIpc) is 3.12. The number of ether oxygens (including phenoxy) is 1. The first-order valence-corrected chi connectivity index (χ1v) is 6.00. The number of hydrogen-bond donors (Lipinski definition) is 1. The highest BCUT2D eigenvalue weighted by Crippen LogP contribution is 2.47. The zero-order valence-corrected chi connectivity index (χ0v) is 10.2. The normalized spacial score (nSPS) is 18.5. The van der Waals surface area contributed by atoms with Gasteiger partial charge in [-0.2, -0.15) is 0 Å². The standard InChI is InChI=1S/C14H18O3/c1-9(14(16)17-2)13(10-6-7-10)11-4-3-5-12(15)8-11/h3-5,8-10,13,15H,6-7H2,1-2H3/t9-,13?/m0/s1. The smallest absolute Gasteiger partial charge is 0.309 e. The number of phenolic OH excluding ortho intramolecular Hbond substituents is 1. The van der Waals surface area contributed by atoms with E-state index in [2.05, 4.69) is 0 Å². The monoisotopic (exact) mass is 234 g/mol. The van der Waals surface area contributed by atoms with Crippen LogP contribution in [0.5, 0.6) is 5.75 Å². The van der Waals surface area contributed by atoms with Crippen LogP contribution in [0.4, 0.5) is 0 Å². The maximum atomic E-state index is 11.7. The zero-order valence-electron chi connectivity index (χ0n) is 10.2. The lowest BCUT2D eigenvalue weighted by Gasteiger charge is -2.22. The van der Waals surface area contributed by atoms with Crippen molar-refractivity contribution in [3.05, 3.63) is 29.8 Å².